The Hall–Kier alpha value is -0.870. The summed E-state index contributed by atoms with van der Waals surface area (Å²) in [5, 5.41) is 23.1. The molecule has 2 unspecified atom stereocenters. The minimum atomic E-state index is -0.656. The fourth-order valence-electron chi connectivity index (χ4n) is 5.82. The highest BCUT2D eigenvalue weighted by Crippen LogP contribution is 2.15. The molecule has 0 aliphatic rings. The van der Waals surface area contributed by atoms with Crippen LogP contribution in [0.15, 0.2) is 12.2 Å². The van der Waals surface area contributed by atoms with Gasteiger partial charge in [-0.15, -0.1) is 0 Å². The number of allylic oxidation sites excluding steroid dienone is 2. The molecule has 4 nitrogen and oxygen atoms in total. The fraction of sp³-hybridized carbons (Fsp3) is 0.921. The summed E-state index contributed by atoms with van der Waals surface area (Å²) in [6.45, 7) is 4.34. The van der Waals surface area contributed by atoms with E-state index in [4.69, 9.17) is 0 Å². The first kappa shape index (κ1) is 41.1. The number of nitrogens with one attached hydrogen (secondary N) is 1. The van der Waals surface area contributed by atoms with E-state index in [1.165, 1.54) is 154 Å². The number of carbonyl (C=O) groups is 1. The lowest BCUT2D eigenvalue weighted by Gasteiger charge is -2.22. The first-order valence-corrected chi connectivity index (χ1v) is 18.9. The Kier molecular flexibility index (Phi) is 33.9. The molecule has 0 aromatic heterocycles. The van der Waals surface area contributed by atoms with Gasteiger partial charge in [-0.05, 0) is 38.5 Å². The highest BCUT2D eigenvalue weighted by Gasteiger charge is 2.19. The molecular formula is C38H75NO3. The van der Waals surface area contributed by atoms with E-state index in [-0.39, 0.29) is 12.5 Å². The molecule has 3 N–H and O–H groups in total. The Morgan fingerprint density at radius 3 is 1.33 bits per heavy atom. The van der Waals surface area contributed by atoms with Crippen molar-refractivity contribution in [3.05, 3.63) is 12.2 Å². The van der Waals surface area contributed by atoms with Crippen molar-refractivity contribution >= 4 is 5.91 Å². The molecule has 0 aliphatic carbocycles. The number of hydrogen-bond acceptors (Lipinski definition) is 3. The first-order valence-electron chi connectivity index (χ1n) is 18.9. The van der Waals surface area contributed by atoms with E-state index in [2.05, 4.69) is 31.3 Å². The molecule has 1 amide bonds. The standard InChI is InChI=1S/C38H75NO3/c1-3-5-7-9-11-13-15-17-19-21-23-25-27-29-31-33-37(41)36(35-40)39-38(42)34-32-30-28-26-24-22-20-18-16-14-12-10-8-6-4-2/h14,16,36-37,40-41H,3-13,15,17-35H2,1-2H3,(H,39,42)/b16-14-. The summed E-state index contributed by atoms with van der Waals surface area (Å²) < 4.78 is 0. The lowest BCUT2D eigenvalue weighted by molar-refractivity contribution is -0.123. The maximum absolute atomic E-state index is 12.3. The number of amides is 1. The topological polar surface area (TPSA) is 69.6 Å². The van der Waals surface area contributed by atoms with Gasteiger partial charge in [-0.2, -0.15) is 0 Å². The van der Waals surface area contributed by atoms with Crippen LogP contribution in [0, 0.1) is 0 Å². The van der Waals surface area contributed by atoms with Gasteiger partial charge >= 0.3 is 0 Å². The Morgan fingerprint density at radius 1 is 0.548 bits per heavy atom. The van der Waals surface area contributed by atoms with Crippen molar-refractivity contribution in [2.45, 2.75) is 219 Å². The third-order valence-corrected chi connectivity index (χ3v) is 8.78. The van der Waals surface area contributed by atoms with Crippen molar-refractivity contribution in [3.8, 4) is 0 Å². The summed E-state index contributed by atoms with van der Waals surface area (Å²) in [5.74, 6) is -0.0360. The van der Waals surface area contributed by atoms with Crippen LogP contribution in [0.3, 0.4) is 0 Å². The molecular weight excluding hydrogens is 518 g/mol. The van der Waals surface area contributed by atoms with E-state index >= 15 is 0 Å². The average Bonchev–Trinajstić information content (AvgIpc) is 2.99. The molecule has 0 aromatic carbocycles. The minimum Gasteiger partial charge on any atom is -0.394 e. The molecule has 2 atom stereocenters. The van der Waals surface area contributed by atoms with Gasteiger partial charge in [-0.1, -0.05) is 174 Å². The minimum absolute atomic E-state index is 0.0360. The zero-order valence-electron chi connectivity index (χ0n) is 28.5. The highest BCUT2D eigenvalue weighted by atomic mass is 16.3. The molecule has 0 saturated carbocycles. The van der Waals surface area contributed by atoms with E-state index in [0.29, 0.717) is 12.8 Å². The van der Waals surface area contributed by atoms with E-state index in [1.54, 1.807) is 0 Å². The molecule has 42 heavy (non-hydrogen) atoms. The van der Waals surface area contributed by atoms with E-state index in [1.807, 2.05) is 0 Å². The molecule has 0 fully saturated rings. The van der Waals surface area contributed by atoms with Crippen molar-refractivity contribution < 1.29 is 15.0 Å². The number of hydrogen-bond donors (Lipinski definition) is 3. The second kappa shape index (κ2) is 34.6. The van der Waals surface area contributed by atoms with Gasteiger partial charge < -0.3 is 15.5 Å². The van der Waals surface area contributed by atoms with Gasteiger partial charge in [-0.25, -0.2) is 0 Å². The van der Waals surface area contributed by atoms with E-state index < -0.39 is 12.1 Å². The third-order valence-electron chi connectivity index (χ3n) is 8.78. The Balaban J connectivity index is 3.55. The number of carbonyl (C=O) groups excluding carboxylic acids is 1. The van der Waals surface area contributed by atoms with E-state index in [0.717, 1.165) is 25.7 Å². The van der Waals surface area contributed by atoms with Crippen LogP contribution in [0.2, 0.25) is 0 Å². The fourth-order valence-corrected chi connectivity index (χ4v) is 5.82. The normalized spacial score (nSPS) is 13.1. The predicted octanol–water partition coefficient (Wildman–Crippen LogP) is 11.1. The number of aliphatic hydroxyl groups is 2. The van der Waals surface area contributed by atoms with Crippen LogP contribution in [0.5, 0.6) is 0 Å². The second-order valence-corrected chi connectivity index (χ2v) is 13.0. The van der Waals surface area contributed by atoms with Crippen LogP contribution in [-0.2, 0) is 4.79 Å². The number of aliphatic hydroxyl groups excluding tert-OH is 2. The molecule has 0 aliphatic heterocycles. The SMILES string of the molecule is CCCCCC/C=C\CCCCCCCCCC(=O)NC(CO)C(O)CCCCCCCCCCCCCCCCC. The van der Waals surface area contributed by atoms with Gasteiger partial charge in [0, 0.05) is 6.42 Å². The molecule has 0 heterocycles. The van der Waals surface area contributed by atoms with Gasteiger partial charge in [0.15, 0.2) is 0 Å². The van der Waals surface area contributed by atoms with Crippen LogP contribution >= 0.6 is 0 Å². The lowest BCUT2D eigenvalue weighted by atomic mass is 10.0. The Morgan fingerprint density at radius 2 is 0.905 bits per heavy atom. The van der Waals surface area contributed by atoms with Crippen LogP contribution < -0.4 is 5.32 Å². The van der Waals surface area contributed by atoms with Gasteiger partial charge in [0.1, 0.15) is 0 Å². The third kappa shape index (κ3) is 30.6. The summed E-state index contributed by atoms with van der Waals surface area (Å²) in [7, 11) is 0. The average molecular weight is 594 g/mol. The summed E-state index contributed by atoms with van der Waals surface area (Å²) in [4.78, 5) is 12.3. The largest absolute Gasteiger partial charge is 0.394 e. The van der Waals surface area contributed by atoms with Crippen molar-refractivity contribution in [2.24, 2.45) is 0 Å². The van der Waals surface area contributed by atoms with Crippen LogP contribution in [0.25, 0.3) is 0 Å². The first-order chi connectivity index (χ1) is 20.7. The second-order valence-electron chi connectivity index (χ2n) is 13.0. The Labute approximate surface area is 263 Å². The summed E-state index contributed by atoms with van der Waals surface area (Å²) in [5.41, 5.74) is 0. The molecule has 0 saturated heterocycles. The molecule has 4 heteroatoms. The zero-order chi connectivity index (χ0) is 30.8. The number of unbranched alkanes of at least 4 members (excludes halogenated alkanes) is 25. The van der Waals surface area contributed by atoms with Gasteiger partial charge in [0.25, 0.3) is 0 Å². The van der Waals surface area contributed by atoms with Crippen LogP contribution in [0.4, 0.5) is 0 Å². The van der Waals surface area contributed by atoms with E-state index in [9.17, 15) is 15.0 Å². The smallest absolute Gasteiger partial charge is 0.220 e. The van der Waals surface area contributed by atoms with Crippen LogP contribution in [0.1, 0.15) is 206 Å². The molecule has 0 radical (unpaired) electrons. The van der Waals surface area contributed by atoms with Gasteiger partial charge in [0.2, 0.25) is 5.91 Å². The summed E-state index contributed by atoms with van der Waals surface area (Å²) in [6.07, 6.45) is 41.2. The van der Waals surface area contributed by atoms with Crippen molar-refractivity contribution in [1.29, 1.82) is 0 Å². The quantitative estimate of drug-likeness (QED) is 0.0513. The molecule has 0 bridgehead atoms. The lowest BCUT2D eigenvalue weighted by Crippen LogP contribution is -2.45. The highest BCUT2D eigenvalue weighted by molar-refractivity contribution is 5.76. The summed E-state index contributed by atoms with van der Waals surface area (Å²) >= 11 is 0. The van der Waals surface area contributed by atoms with Crippen LogP contribution in [-0.4, -0.2) is 34.9 Å². The van der Waals surface area contributed by atoms with Gasteiger partial charge in [0.05, 0.1) is 18.8 Å². The van der Waals surface area contributed by atoms with Crippen molar-refractivity contribution in [1.82, 2.24) is 5.32 Å². The maximum atomic E-state index is 12.3. The molecule has 0 rings (SSSR count). The monoisotopic (exact) mass is 594 g/mol. The molecule has 0 aromatic rings. The van der Waals surface area contributed by atoms with Crippen molar-refractivity contribution in [2.75, 3.05) is 6.61 Å². The maximum Gasteiger partial charge on any atom is 0.220 e. The molecule has 250 valence electrons. The number of rotatable bonds is 34. The van der Waals surface area contributed by atoms with Gasteiger partial charge in [-0.3, -0.25) is 4.79 Å². The predicted molar refractivity (Wildman–Crippen MR) is 184 cm³/mol. The Bertz CT molecular complexity index is 565. The van der Waals surface area contributed by atoms with Crippen molar-refractivity contribution in [3.63, 3.8) is 0 Å². The summed E-state index contributed by atoms with van der Waals surface area (Å²) in [6, 6.07) is -0.533. The molecule has 0 spiro atoms. The zero-order valence-corrected chi connectivity index (χ0v) is 28.5.